The van der Waals surface area contributed by atoms with E-state index in [1.165, 1.54) is 19.2 Å². The molecule has 0 amide bonds. The lowest BCUT2D eigenvalue weighted by Crippen LogP contribution is -2.07. The fourth-order valence-electron chi connectivity index (χ4n) is 1.67. The first-order chi connectivity index (χ1) is 9.92. The maximum Gasteiger partial charge on any atom is 0.343 e. The van der Waals surface area contributed by atoms with Crippen LogP contribution in [0.2, 0.25) is 5.15 Å². The van der Waals surface area contributed by atoms with E-state index >= 15 is 0 Å². The third-order valence-corrected chi connectivity index (χ3v) is 2.75. The molecule has 21 heavy (non-hydrogen) atoms. The number of carboxylic acids is 1. The van der Waals surface area contributed by atoms with E-state index in [-0.39, 0.29) is 28.0 Å². The van der Waals surface area contributed by atoms with Crippen LogP contribution in [0.4, 0.5) is 20.2 Å². The second-order valence-electron chi connectivity index (χ2n) is 3.94. The van der Waals surface area contributed by atoms with Gasteiger partial charge >= 0.3 is 5.97 Å². The van der Waals surface area contributed by atoms with E-state index in [4.69, 9.17) is 16.3 Å². The molecule has 0 aliphatic rings. The fraction of sp³-hybridized carbons (Fsp3) is 0.0769. The maximum absolute atomic E-state index is 13.2. The third kappa shape index (κ3) is 3.19. The predicted octanol–water partition coefficient (Wildman–Crippen LogP) is 3.46. The molecule has 2 aromatic rings. The van der Waals surface area contributed by atoms with Crippen molar-refractivity contribution in [1.29, 1.82) is 0 Å². The summed E-state index contributed by atoms with van der Waals surface area (Å²) < 4.78 is 30.9. The molecule has 2 N–H and O–H groups in total. The van der Waals surface area contributed by atoms with Crippen molar-refractivity contribution >= 4 is 28.9 Å². The molecular weight excluding hydrogens is 306 g/mol. The van der Waals surface area contributed by atoms with Crippen LogP contribution in [0, 0.1) is 11.6 Å². The molecule has 0 saturated carbocycles. The van der Waals surface area contributed by atoms with Crippen molar-refractivity contribution in [3.05, 3.63) is 46.6 Å². The fourth-order valence-corrected chi connectivity index (χ4v) is 1.86. The minimum Gasteiger partial charge on any atom is -0.480 e. The van der Waals surface area contributed by atoms with Crippen LogP contribution in [0.3, 0.4) is 0 Å². The second kappa shape index (κ2) is 5.92. The molecule has 1 aromatic carbocycles. The lowest BCUT2D eigenvalue weighted by Gasteiger charge is -2.12. The highest BCUT2D eigenvalue weighted by Gasteiger charge is 2.20. The monoisotopic (exact) mass is 314 g/mol. The number of aromatic nitrogens is 1. The highest BCUT2D eigenvalue weighted by Crippen LogP contribution is 2.30. The summed E-state index contributed by atoms with van der Waals surface area (Å²) >= 11 is 5.77. The summed E-state index contributed by atoms with van der Waals surface area (Å²) in [4.78, 5) is 15.0. The number of hydrogen-bond donors (Lipinski definition) is 2. The Labute approximate surface area is 123 Å². The van der Waals surface area contributed by atoms with Gasteiger partial charge in [-0.15, -0.1) is 0 Å². The van der Waals surface area contributed by atoms with Crippen molar-refractivity contribution in [2.24, 2.45) is 0 Å². The number of ether oxygens (including phenoxy) is 1. The number of methoxy groups -OCH3 is 1. The highest BCUT2D eigenvalue weighted by atomic mass is 35.5. The van der Waals surface area contributed by atoms with Crippen molar-refractivity contribution in [2.45, 2.75) is 0 Å². The molecule has 1 heterocycles. The molecule has 0 fully saturated rings. The standard InChI is InChI=1S/C13H9ClF2N2O3/c1-21-12-11(13(19)20)9(5-10(14)18-12)17-6-2-3-7(15)8(16)4-6/h2-5H,1H3,(H,17,18)(H,19,20). The summed E-state index contributed by atoms with van der Waals surface area (Å²) in [5.41, 5.74) is -0.0716. The Kier molecular flexibility index (Phi) is 4.23. The number of nitrogens with one attached hydrogen (secondary N) is 1. The summed E-state index contributed by atoms with van der Waals surface area (Å²) in [7, 11) is 1.24. The van der Waals surface area contributed by atoms with Gasteiger partial charge < -0.3 is 15.2 Å². The smallest absolute Gasteiger partial charge is 0.343 e. The van der Waals surface area contributed by atoms with E-state index in [0.29, 0.717) is 0 Å². The Hall–Kier alpha value is -2.41. The number of rotatable bonds is 4. The number of carboxylic acid groups (broad SMARTS) is 1. The molecule has 2 rings (SSSR count). The minimum atomic E-state index is -1.30. The van der Waals surface area contributed by atoms with Crippen LogP contribution in [0.1, 0.15) is 10.4 Å². The summed E-state index contributed by atoms with van der Waals surface area (Å²) in [6, 6.07) is 4.31. The third-order valence-electron chi connectivity index (χ3n) is 2.56. The van der Waals surface area contributed by atoms with Gasteiger partial charge in [0.2, 0.25) is 5.88 Å². The lowest BCUT2D eigenvalue weighted by atomic mass is 10.2. The van der Waals surface area contributed by atoms with E-state index in [2.05, 4.69) is 10.3 Å². The van der Waals surface area contributed by atoms with Crippen molar-refractivity contribution < 1.29 is 23.4 Å². The van der Waals surface area contributed by atoms with Gasteiger partial charge in [-0.1, -0.05) is 11.6 Å². The Morgan fingerprint density at radius 3 is 2.62 bits per heavy atom. The zero-order valence-electron chi connectivity index (χ0n) is 10.7. The normalized spacial score (nSPS) is 10.3. The number of nitrogens with zero attached hydrogens (tertiary/aromatic N) is 1. The lowest BCUT2D eigenvalue weighted by molar-refractivity contribution is 0.0693. The van der Waals surface area contributed by atoms with Gasteiger partial charge in [-0.3, -0.25) is 0 Å². The summed E-state index contributed by atoms with van der Waals surface area (Å²) in [6.07, 6.45) is 0. The van der Waals surface area contributed by atoms with E-state index in [0.717, 1.165) is 12.1 Å². The van der Waals surface area contributed by atoms with Gasteiger partial charge in [0.25, 0.3) is 0 Å². The number of hydrogen-bond acceptors (Lipinski definition) is 4. The number of aromatic carboxylic acids is 1. The van der Waals surface area contributed by atoms with Crippen LogP contribution in [-0.4, -0.2) is 23.2 Å². The summed E-state index contributed by atoms with van der Waals surface area (Å²) in [5, 5.41) is 11.8. The molecule has 8 heteroatoms. The predicted molar refractivity (Wildman–Crippen MR) is 72.4 cm³/mol. The van der Waals surface area contributed by atoms with Crippen LogP contribution in [0.25, 0.3) is 0 Å². The molecule has 0 saturated heterocycles. The molecule has 0 atom stereocenters. The average molecular weight is 315 g/mol. The Morgan fingerprint density at radius 1 is 1.33 bits per heavy atom. The van der Waals surface area contributed by atoms with Gasteiger partial charge in [-0.25, -0.2) is 18.6 Å². The van der Waals surface area contributed by atoms with Crippen molar-refractivity contribution in [1.82, 2.24) is 4.98 Å². The number of halogens is 3. The molecule has 0 radical (unpaired) electrons. The Morgan fingerprint density at radius 2 is 2.05 bits per heavy atom. The molecule has 0 bridgehead atoms. The van der Waals surface area contributed by atoms with Crippen LogP contribution < -0.4 is 10.1 Å². The van der Waals surface area contributed by atoms with Gasteiger partial charge in [0, 0.05) is 17.8 Å². The van der Waals surface area contributed by atoms with E-state index in [9.17, 15) is 18.7 Å². The number of anilines is 2. The number of benzene rings is 1. The molecule has 0 aliphatic carbocycles. The first-order valence-corrected chi connectivity index (χ1v) is 6.00. The molecular formula is C13H9ClF2N2O3. The van der Waals surface area contributed by atoms with Crippen LogP contribution in [0.5, 0.6) is 5.88 Å². The van der Waals surface area contributed by atoms with E-state index in [1.54, 1.807) is 0 Å². The van der Waals surface area contributed by atoms with Gasteiger partial charge in [-0.05, 0) is 12.1 Å². The second-order valence-corrected chi connectivity index (χ2v) is 4.32. The van der Waals surface area contributed by atoms with Gasteiger partial charge in [0.1, 0.15) is 10.7 Å². The number of pyridine rings is 1. The number of carbonyl (C=O) groups is 1. The quantitative estimate of drug-likeness (QED) is 0.846. The maximum atomic E-state index is 13.2. The molecule has 110 valence electrons. The van der Waals surface area contributed by atoms with E-state index < -0.39 is 17.6 Å². The molecule has 0 aliphatic heterocycles. The van der Waals surface area contributed by atoms with Crippen molar-refractivity contribution in [3.63, 3.8) is 0 Å². The van der Waals surface area contributed by atoms with Crippen molar-refractivity contribution in [3.8, 4) is 5.88 Å². The summed E-state index contributed by atoms with van der Waals surface area (Å²) in [5.74, 6) is -3.57. The van der Waals surface area contributed by atoms with Gasteiger partial charge in [0.15, 0.2) is 11.6 Å². The zero-order valence-corrected chi connectivity index (χ0v) is 11.4. The van der Waals surface area contributed by atoms with Gasteiger partial charge in [-0.2, -0.15) is 0 Å². The van der Waals surface area contributed by atoms with E-state index in [1.807, 2.05) is 0 Å². The molecule has 5 nitrogen and oxygen atoms in total. The molecule has 0 spiro atoms. The first kappa shape index (κ1) is 15.0. The SMILES string of the molecule is COc1nc(Cl)cc(Nc2ccc(F)c(F)c2)c1C(=O)O. The average Bonchev–Trinajstić information content (AvgIpc) is 2.41. The Bertz CT molecular complexity index is 710. The topological polar surface area (TPSA) is 71.5 Å². The molecule has 1 aromatic heterocycles. The first-order valence-electron chi connectivity index (χ1n) is 5.62. The van der Waals surface area contributed by atoms with Gasteiger partial charge in [0.05, 0.1) is 12.8 Å². The van der Waals surface area contributed by atoms with Crippen LogP contribution >= 0.6 is 11.6 Å². The van der Waals surface area contributed by atoms with Crippen molar-refractivity contribution in [2.75, 3.05) is 12.4 Å². The largest absolute Gasteiger partial charge is 0.480 e. The van der Waals surface area contributed by atoms with Crippen LogP contribution in [-0.2, 0) is 0 Å². The highest BCUT2D eigenvalue weighted by molar-refractivity contribution is 6.30. The zero-order chi connectivity index (χ0) is 15.6. The Balaban J connectivity index is 2.49. The van der Waals surface area contributed by atoms with Crippen LogP contribution in [0.15, 0.2) is 24.3 Å². The molecule has 0 unspecified atom stereocenters. The summed E-state index contributed by atoms with van der Waals surface area (Å²) in [6.45, 7) is 0. The minimum absolute atomic E-state index is 0.0121.